The lowest BCUT2D eigenvalue weighted by Crippen LogP contribution is -2.39. The summed E-state index contributed by atoms with van der Waals surface area (Å²) < 4.78 is 8.89. The highest BCUT2D eigenvalue weighted by molar-refractivity contribution is 6.12. The van der Waals surface area contributed by atoms with Crippen LogP contribution in [-0.2, 0) is 14.3 Å². The zero-order chi connectivity index (χ0) is 13.7. The van der Waals surface area contributed by atoms with Crippen LogP contribution in [0.5, 0.6) is 0 Å². The molecule has 0 bridgehead atoms. The van der Waals surface area contributed by atoms with Crippen LogP contribution in [0.15, 0.2) is 24.3 Å². The lowest BCUT2D eigenvalue weighted by atomic mass is 10.0. The predicted molar refractivity (Wildman–Crippen MR) is 62.1 cm³/mol. The Labute approximate surface area is 104 Å². The van der Waals surface area contributed by atoms with Crippen LogP contribution in [-0.4, -0.2) is 38.0 Å². The Hall–Kier alpha value is -2.21. The fourth-order valence-corrected chi connectivity index (χ4v) is 1.30. The highest BCUT2D eigenvalue weighted by Crippen LogP contribution is 2.08. The molecule has 0 aliphatic rings. The van der Waals surface area contributed by atoms with E-state index in [2.05, 4.69) is 9.47 Å². The Morgan fingerprint density at radius 2 is 1.50 bits per heavy atom. The van der Waals surface area contributed by atoms with E-state index in [4.69, 9.17) is 5.73 Å². The summed E-state index contributed by atoms with van der Waals surface area (Å²) in [5, 5.41) is 0. The first kappa shape index (κ1) is 13.9. The number of hydrogen-bond acceptors (Lipinski definition) is 6. The summed E-state index contributed by atoms with van der Waals surface area (Å²) in [6.45, 7) is 0. The van der Waals surface area contributed by atoms with E-state index in [-0.39, 0.29) is 5.56 Å². The highest BCUT2D eigenvalue weighted by atomic mass is 16.5. The second kappa shape index (κ2) is 5.92. The van der Waals surface area contributed by atoms with Crippen molar-refractivity contribution in [3.05, 3.63) is 35.4 Å². The topological polar surface area (TPSA) is 95.7 Å². The van der Waals surface area contributed by atoms with Gasteiger partial charge in [-0.2, -0.15) is 0 Å². The van der Waals surface area contributed by atoms with E-state index in [0.29, 0.717) is 5.56 Å². The summed E-state index contributed by atoms with van der Waals surface area (Å²) >= 11 is 0. The van der Waals surface area contributed by atoms with Gasteiger partial charge in [0.25, 0.3) is 0 Å². The smallest absolute Gasteiger partial charge is 0.337 e. The molecule has 0 radical (unpaired) electrons. The van der Waals surface area contributed by atoms with Crippen molar-refractivity contribution >= 4 is 17.7 Å². The van der Waals surface area contributed by atoms with Crippen molar-refractivity contribution in [2.45, 2.75) is 6.04 Å². The van der Waals surface area contributed by atoms with Crippen molar-refractivity contribution in [2.24, 2.45) is 5.73 Å². The molecule has 0 aromatic heterocycles. The number of benzene rings is 1. The van der Waals surface area contributed by atoms with E-state index < -0.39 is 23.8 Å². The minimum absolute atomic E-state index is 0.223. The maximum atomic E-state index is 11.8. The van der Waals surface area contributed by atoms with Crippen LogP contribution in [0.1, 0.15) is 20.7 Å². The van der Waals surface area contributed by atoms with Gasteiger partial charge in [0.2, 0.25) is 0 Å². The quantitative estimate of drug-likeness (QED) is 0.465. The monoisotopic (exact) mass is 251 g/mol. The average molecular weight is 251 g/mol. The fraction of sp³-hybridized carbons (Fsp3) is 0.250. The van der Waals surface area contributed by atoms with Gasteiger partial charge < -0.3 is 15.2 Å². The molecule has 6 nitrogen and oxygen atoms in total. The largest absolute Gasteiger partial charge is 0.468 e. The van der Waals surface area contributed by atoms with Crippen molar-refractivity contribution in [1.29, 1.82) is 0 Å². The van der Waals surface area contributed by atoms with Crippen molar-refractivity contribution in [3.8, 4) is 0 Å². The molecule has 0 amide bonds. The summed E-state index contributed by atoms with van der Waals surface area (Å²) in [4.78, 5) is 34.0. The molecule has 6 heteroatoms. The Morgan fingerprint density at radius 1 is 1.00 bits per heavy atom. The van der Waals surface area contributed by atoms with E-state index in [1.807, 2.05) is 0 Å². The molecular formula is C12H13NO5. The normalized spacial score (nSPS) is 11.5. The van der Waals surface area contributed by atoms with Crippen LogP contribution in [0.25, 0.3) is 0 Å². The lowest BCUT2D eigenvalue weighted by Gasteiger charge is -2.08. The minimum atomic E-state index is -1.36. The van der Waals surface area contributed by atoms with Crippen LogP contribution in [0.2, 0.25) is 0 Å². The van der Waals surface area contributed by atoms with Crippen molar-refractivity contribution in [2.75, 3.05) is 14.2 Å². The zero-order valence-corrected chi connectivity index (χ0v) is 10.0. The van der Waals surface area contributed by atoms with E-state index in [9.17, 15) is 14.4 Å². The highest BCUT2D eigenvalue weighted by Gasteiger charge is 2.24. The van der Waals surface area contributed by atoms with Gasteiger partial charge in [-0.05, 0) is 12.1 Å². The molecule has 18 heavy (non-hydrogen) atoms. The van der Waals surface area contributed by atoms with Crippen molar-refractivity contribution < 1.29 is 23.9 Å². The second-order valence-electron chi connectivity index (χ2n) is 3.43. The summed E-state index contributed by atoms with van der Waals surface area (Å²) in [6.07, 6.45) is 0. The number of carbonyl (C=O) groups is 3. The molecule has 0 saturated carbocycles. The molecule has 96 valence electrons. The van der Waals surface area contributed by atoms with Crippen LogP contribution < -0.4 is 5.73 Å². The fourth-order valence-electron chi connectivity index (χ4n) is 1.30. The van der Waals surface area contributed by atoms with Gasteiger partial charge in [0, 0.05) is 5.56 Å². The van der Waals surface area contributed by atoms with E-state index in [1.54, 1.807) is 0 Å². The SMILES string of the molecule is COC(=O)c1ccc(C(=O)C(N)C(=O)OC)cc1. The van der Waals surface area contributed by atoms with E-state index in [0.717, 1.165) is 7.11 Å². The third-order valence-corrected chi connectivity index (χ3v) is 2.33. The molecule has 1 rings (SSSR count). The van der Waals surface area contributed by atoms with Gasteiger partial charge >= 0.3 is 11.9 Å². The third kappa shape index (κ3) is 2.92. The van der Waals surface area contributed by atoms with Crippen molar-refractivity contribution in [3.63, 3.8) is 0 Å². The van der Waals surface area contributed by atoms with Crippen molar-refractivity contribution in [1.82, 2.24) is 0 Å². The number of methoxy groups -OCH3 is 2. The number of hydrogen-bond donors (Lipinski definition) is 1. The number of nitrogens with two attached hydrogens (primary N) is 1. The molecule has 0 heterocycles. The Kier molecular flexibility index (Phi) is 4.56. The van der Waals surface area contributed by atoms with Gasteiger partial charge in [-0.25, -0.2) is 9.59 Å². The standard InChI is InChI=1S/C12H13NO5/c1-17-11(15)8-5-3-7(4-6-8)10(14)9(13)12(16)18-2/h3-6,9H,13H2,1-2H3. The molecule has 1 atom stereocenters. The van der Waals surface area contributed by atoms with Crippen LogP contribution in [0.4, 0.5) is 0 Å². The number of esters is 2. The summed E-state index contributed by atoms with van der Waals surface area (Å²) in [6, 6.07) is 4.28. The molecule has 0 fully saturated rings. The van der Waals surface area contributed by atoms with Gasteiger partial charge in [0.15, 0.2) is 11.8 Å². The predicted octanol–water partition coefficient (Wildman–Crippen LogP) is 0.156. The minimum Gasteiger partial charge on any atom is -0.468 e. The van der Waals surface area contributed by atoms with Gasteiger partial charge in [0.05, 0.1) is 19.8 Å². The molecule has 1 aromatic carbocycles. The van der Waals surface area contributed by atoms with Gasteiger partial charge in [-0.15, -0.1) is 0 Å². The van der Waals surface area contributed by atoms with Crippen LogP contribution >= 0.6 is 0 Å². The lowest BCUT2D eigenvalue weighted by molar-refractivity contribution is -0.140. The summed E-state index contributed by atoms with van der Waals surface area (Å²) in [7, 11) is 2.41. The van der Waals surface area contributed by atoms with E-state index >= 15 is 0 Å². The summed E-state index contributed by atoms with van der Waals surface area (Å²) in [5.74, 6) is -1.89. The number of carbonyl (C=O) groups excluding carboxylic acids is 3. The molecule has 0 saturated heterocycles. The first-order valence-corrected chi connectivity index (χ1v) is 5.07. The molecule has 0 spiro atoms. The maximum absolute atomic E-state index is 11.8. The van der Waals surface area contributed by atoms with Crippen LogP contribution in [0, 0.1) is 0 Å². The second-order valence-corrected chi connectivity index (χ2v) is 3.43. The molecule has 0 aliphatic carbocycles. The third-order valence-electron chi connectivity index (χ3n) is 2.33. The maximum Gasteiger partial charge on any atom is 0.337 e. The number of ketones is 1. The molecule has 1 unspecified atom stereocenters. The molecule has 1 aromatic rings. The average Bonchev–Trinajstić information content (AvgIpc) is 2.44. The van der Waals surface area contributed by atoms with Gasteiger partial charge in [0.1, 0.15) is 0 Å². The molecular weight excluding hydrogens is 238 g/mol. The first-order valence-electron chi connectivity index (χ1n) is 5.07. The Bertz CT molecular complexity index is 466. The Morgan fingerprint density at radius 3 is 1.94 bits per heavy atom. The molecule has 2 N–H and O–H groups in total. The number of rotatable bonds is 4. The van der Waals surface area contributed by atoms with Gasteiger partial charge in [-0.3, -0.25) is 4.79 Å². The molecule has 0 aliphatic heterocycles. The number of Topliss-reactive ketones (excluding diaryl/α,β-unsaturated/α-hetero) is 1. The van der Waals surface area contributed by atoms with E-state index in [1.165, 1.54) is 31.4 Å². The summed E-state index contributed by atoms with van der Waals surface area (Å²) in [5.41, 5.74) is 5.94. The van der Waals surface area contributed by atoms with Crippen LogP contribution in [0.3, 0.4) is 0 Å². The first-order chi connectivity index (χ1) is 8.51. The van der Waals surface area contributed by atoms with Gasteiger partial charge in [-0.1, -0.05) is 12.1 Å². The zero-order valence-electron chi connectivity index (χ0n) is 10.0. The Balaban J connectivity index is 2.88. The number of ether oxygens (including phenoxy) is 2.